The van der Waals surface area contributed by atoms with E-state index in [1.807, 2.05) is 0 Å². The summed E-state index contributed by atoms with van der Waals surface area (Å²) < 4.78 is 14.2. The molecule has 2 fully saturated rings. The molecule has 136 valence electrons. The topological polar surface area (TPSA) is 66.6 Å². The zero-order valence-electron chi connectivity index (χ0n) is 14.1. The fourth-order valence-corrected chi connectivity index (χ4v) is 4.31. The largest absolute Gasteiger partial charge is 0.368 e. The number of hydrogen-bond acceptors (Lipinski definition) is 3. The minimum Gasteiger partial charge on any atom is -0.368 e. The summed E-state index contributed by atoms with van der Waals surface area (Å²) in [5, 5.41) is 0.373. The average molecular weight is 368 g/mol. The van der Waals surface area contributed by atoms with Gasteiger partial charge in [0.1, 0.15) is 5.82 Å². The van der Waals surface area contributed by atoms with Crippen LogP contribution in [0.1, 0.15) is 37.7 Å². The molecule has 1 saturated heterocycles. The van der Waals surface area contributed by atoms with Crippen LogP contribution >= 0.6 is 11.6 Å². The van der Waals surface area contributed by atoms with E-state index in [-0.39, 0.29) is 30.4 Å². The van der Waals surface area contributed by atoms with Gasteiger partial charge in [0, 0.05) is 29.2 Å². The van der Waals surface area contributed by atoms with Crippen molar-refractivity contribution >= 4 is 23.4 Å². The van der Waals surface area contributed by atoms with Crippen LogP contribution in [0.5, 0.6) is 0 Å². The second kappa shape index (κ2) is 7.30. The van der Waals surface area contributed by atoms with Gasteiger partial charge in [-0.1, -0.05) is 36.9 Å². The normalized spacial score (nSPS) is 20.9. The van der Waals surface area contributed by atoms with E-state index in [4.69, 9.17) is 17.3 Å². The Labute approximate surface area is 151 Å². The second-order valence-corrected chi connectivity index (χ2v) is 7.46. The molecule has 1 saturated carbocycles. The lowest BCUT2D eigenvalue weighted by Crippen LogP contribution is -2.65. The van der Waals surface area contributed by atoms with E-state index in [0.29, 0.717) is 23.7 Å². The first-order valence-electron chi connectivity index (χ1n) is 8.65. The lowest BCUT2D eigenvalue weighted by molar-refractivity contribution is -0.148. The van der Waals surface area contributed by atoms with Crippen LogP contribution in [0.15, 0.2) is 18.2 Å². The molecule has 5 nitrogen and oxygen atoms in total. The van der Waals surface area contributed by atoms with Crippen molar-refractivity contribution in [3.05, 3.63) is 34.6 Å². The minimum absolute atomic E-state index is 0.0606. The van der Waals surface area contributed by atoms with Gasteiger partial charge in [0.2, 0.25) is 11.8 Å². The number of rotatable bonds is 4. The van der Waals surface area contributed by atoms with Gasteiger partial charge < -0.3 is 10.6 Å². The maximum Gasteiger partial charge on any atom is 0.237 e. The van der Waals surface area contributed by atoms with E-state index in [1.165, 1.54) is 6.07 Å². The van der Waals surface area contributed by atoms with Crippen LogP contribution in [0.3, 0.4) is 0 Å². The third kappa shape index (κ3) is 3.80. The van der Waals surface area contributed by atoms with Crippen molar-refractivity contribution in [2.45, 2.75) is 44.2 Å². The molecule has 25 heavy (non-hydrogen) atoms. The van der Waals surface area contributed by atoms with E-state index in [2.05, 4.69) is 4.90 Å². The van der Waals surface area contributed by atoms with Gasteiger partial charge in [0.15, 0.2) is 0 Å². The number of nitrogens with zero attached hydrogens (tertiary/aromatic N) is 2. The Balaban J connectivity index is 1.88. The third-order valence-corrected chi connectivity index (χ3v) is 5.73. The van der Waals surface area contributed by atoms with E-state index >= 15 is 0 Å². The molecule has 3 rings (SSSR count). The highest BCUT2D eigenvalue weighted by Crippen LogP contribution is 2.38. The van der Waals surface area contributed by atoms with Gasteiger partial charge in [-0.25, -0.2) is 4.39 Å². The number of primary amides is 1. The van der Waals surface area contributed by atoms with Crippen LogP contribution in [0.4, 0.5) is 4.39 Å². The number of piperazine rings is 1. The first kappa shape index (κ1) is 18.1. The van der Waals surface area contributed by atoms with Gasteiger partial charge in [-0.05, 0) is 25.0 Å². The Morgan fingerprint density at radius 3 is 2.64 bits per heavy atom. The molecule has 2 N–H and O–H groups in total. The predicted molar refractivity (Wildman–Crippen MR) is 93.4 cm³/mol. The zero-order valence-corrected chi connectivity index (χ0v) is 14.9. The molecule has 2 aliphatic rings. The molecule has 1 aromatic rings. The zero-order chi connectivity index (χ0) is 18.0. The molecule has 1 spiro atoms. The highest BCUT2D eigenvalue weighted by atomic mass is 35.5. The third-order valence-electron chi connectivity index (χ3n) is 5.38. The molecule has 0 radical (unpaired) electrons. The highest BCUT2D eigenvalue weighted by Gasteiger charge is 2.45. The number of carbonyl (C=O) groups excluding carboxylic acids is 2. The molecule has 0 bridgehead atoms. The Morgan fingerprint density at radius 2 is 2.00 bits per heavy atom. The second-order valence-electron chi connectivity index (χ2n) is 7.06. The van der Waals surface area contributed by atoms with Crippen LogP contribution < -0.4 is 5.73 Å². The summed E-state index contributed by atoms with van der Waals surface area (Å²) >= 11 is 6.19. The SMILES string of the molecule is NC(=O)CN1CC2(CCCCC2)N(Cc2c(F)cccc2Cl)CC1=O. The molecule has 0 unspecified atom stereocenters. The number of amides is 2. The fraction of sp³-hybridized carbons (Fsp3) is 0.556. The van der Waals surface area contributed by atoms with Crippen molar-refractivity contribution in [1.29, 1.82) is 0 Å². The highest BCUT2D eigenvalue weighted by molar-refractivity contribution is 6.31. The standard InChI is InChI=1S/C18H23ClFN3O2/c19-14-5-4-6-15(20)13(14)9-23-11-17(25)22(10-16(21)24)12-18(23)7-2-1-3-8-18/h4-6H,1-3,7-12H2,(H2,21,24). The summed E-state index contributed by atoms with van der Waals surface area (Å²) in [5.41, 5.74) is 5.47. The number of halogens is 2. The van der Waals surface area contributed by atoms with Gasteiger partial charge in [0.05, 0.1) is 13.1 Å². The molecular weight excluding hydrogens is 345 g/mol. The summed E-state index contributed by atoms with van der Waals surface area (Å²) in [6.07, 6.45) is 5.10. The molecule has 1 aliphatic carbocycles. The van der Waals surface area contributed by atoms with Crippen molar-refractivity contribution in [1.82, 2.24) is 9.80 Å². The lowest BCUT2D eigenvalue weighted by Gasteiger charge is -2.52. The van der Waals surface area contributed by atoms with Crippen LogP contribution in [-0.4, -0.2) is 46.8 Å². The van der Waals surface area contributed by atoms with Crippen molar-refractivity contribution in [3.8, 4) is 0 Å². The number of hydrogen-bond donors (Lipinski definition) is 1. The van der Waals surface area contributed by atoms with Crippen molar-refractivity contribution in [2.75, 3.05) is 19.6 Å². The van der Waals surface area contributed by atoms with Crippen LogP contribution in [-0.2, 0) is 16.1 Å². The van der Waals surface area contributed by atoms with Crippen LogP contribution in [0.25, 0.3) is 0 Å². The molecule has 0 aromatic heterocycles. The predicted octanol–water partition coefficient (Wildman–Crippen LogP) is 2.31. The summed E-state index contributed by atoms with van der Waals surface area (Å²) in [7, 11) is 0. The summed E-state index contributed by atoms with van der Waals surface area (Å²) in [4.78, 5) is 27.4. The minimum atomic E-state index is -0.509. The maximum atomic E-state index is 14.2. The van der Waals surface area contributed by atoms with E-state index in [0.717, 1.165) is 32.1 Å². The molecule has 2 amide bonds. The monoisotopic (exact) mass is 367 g/mol. The van der Waals surface area contributed by atoms with Gasteiger partial charge in [-0.2, -0.15) is 0 Å². The summed E-state index contributed by atoms with van der Waals surface area (Å²) in [6.45, 7) is 0.843. The number of carbonyl (C=O) groups is 2. The van der Waals surface area contributed by atoms with E-state index < -0.39 is 5.91 Å². The molecule has 1 heterocycles. The van der Waals surface area contributed by atoms with Gasteiger partial charge >= 0.3 is 0 Å². The average Bonchev–Trinajstić information content (AvgIpc) is 2.56. The number of nitrogens with two attached hydrogens (primary N) is 1. The summed E-state index contributed by atoms with van der Waals surface area (Å²) in [5.74, 6) is -1.02. The van der Waals surface area contributed by atoms with E-state index in [9.17, 15) is 14.0 Å². The molecular formula is C18H23ClFN3O2. The maximum absolute atomic E-state index is 14.2. The van der Waals surface area contributed by atoms with Crippen molar-refractivity contribution in [2.24, 2.45) is 5.73 Å². The smallest absolute Gasteiger partial charge is 0.237 e. The Bertz CT molecular complexity index is 656. The Kier molecular flexibility index (Phi) is 5.29. The summed E-state index contributed by atoms with van der Waals surface area (Å²) in [6, 6.07) is 4.63. The lowest BCUT2D eigenvalue weighted by atomic mass is 9.78. The Hall–Kier alpha value is -1.66. The molecule has 1 aliphatic heterocycles. The Morgan fingerprint density at radius 1 is 1.28 bits per heavy atom. The first-order valence-corrected chi connectivity index (χ1v) is 9.03. The molecule has 0 atom stereocenters. The van der Waals surface area contributed by atoms with Crippen molar-refractivity contribution in [3.63, 3.8) is 0 Å². The van der Waals surface area contributed by atoms with Crippen LogP contribution in [0, 0.1) is 5.82 Å². The van der Waals surface area contributed by atoms with Crippen LogP contribution in [0.2, 0.25) is 5.02 Å². The number of benzene rings is 1. The quantitative estimate of drug-likeness (QED) is 0.888. The first-order chi connectivity index (χ1) is 11.9. The van der Waals surface area contributed by atoms with Gasteiger partial charge in [-0.15, -0.1) is 0 Å². The van der Waals surface area contributed by atoms with Gasteiger partial charge in [0.25, 0.3) is 0 Å². The van der Waals surface area contributed by atoms with Crippen molar-refractivity contribution < 1.29 is 14.0 Å². The van der Waals surface area contributed by atoms with Gasteiger partial charge in [-0.3, -0.25) is 14.5 Å². The fourth-order valence-electron chi connectivity index (χ4n) is 4.09. The van der Waals surface area contributed by atoms with E-state index in [1.54, 1.807) is 17.0 Å². The molecule has 1 aromatic carbocycles. The molecule has 7 heteroatoms.